The Morgan fingerprint density at radius 2 is 1.65 bits per heavy atom. The molecule has 0 bridgehead atoms. The summed E-state index contributed by atoms with van der Waals surface area (Å²) in [7, 11) is 0. The molecule has 0 saturated heterocycles. The van der Waals surface area contributed by atoms with Gasteiger partial charge in [-0.3, -0.25) is 14.9 Å². The van der Waals surface area contributed by atoms with Gasteiger partial charge in [0.25, 0.3) is 0 Å². The first-order chi connectivity index (χ1) is 12.6. The van der Waals surface area contributed by atoms with Gasteiger partial charge < -0.3 is 9.67 Å². The molecule has 2 fully saturated rings. The molecule has 6 nitrogen and oxygen atoms in total. The fourth-order valence-electron chi connectivity index (χ4n) is 4.48. The normalized spacial score (nSPS) is 24.0. The Balaban J connectivity index is 1.54. The van der Waals surface area contributed by atoms with Crippen LogP contribution in [0, 0.1) is 11.8 Å². The molecule has 0 unspecified atom stereocenters. The van der Waals surface area contributed by atoms with Gasteiger partial charge in [-0.1, -0.05) is 25.0 Å². The zero-order chi connectivity index (χ0) is 18.1. The predicted molar refractivity (Wildman–Crippen MR) is 99.0 cm³/mol. The third-order valence-corrected chi connectivity index (χ3v) is 5.97. The van der Waals surface area contributed by atoms with E-state index in [-0.39, 0.29) is 17.7 Å². The summed E-state index contributed by atoms with van der Waals surface area (Å²) in [5, 5.41) is 12.2. The highest BCUT2D eigenvalue weighted by atomic mass is 16.4. The summed E-state index contributed by atoms with van der Waals surface area (Å²) in [4.78, 5) is 28.5. The summed E-state index contributed by atoms with van der Waals surface area (Å²) in [6.45, 7) is 0. The molecule has 6 heteroatoms. The van der Waals surface area contributed by atoms with Crippen LogP contribution in [-0.2, 0) is 9.59 Å². The van der Waals surface area contributed by atoms with Gasteiger partial charge in [0.2, 0.25) is 11.9 Å². The van der Waals surface area contributed by atoms with Crippen LogP contribution in [0.5, 0.6) is 0 Å². The van der Waals surface area contributed by atoms with E-state index < -0.39 is 5.97 Å². The van der Waals surface area contributed by atoms with E-state index in [1.54, 1.807) is 0 Å². The van der Waals surface area contributed by atoms with Crippen LogP contribution < -0.4 is 5.32 Å². The molecule has 2 aliphatic carbocycles. The number of rotatable bonds is 4. The summed E-state index contributed by atoms with van der Waals surface area (Å²) >= 11 is 0. The number of hydrogen-bond donors (Lipinski definition) is 2. The molecule has 1 heterocycles. The lowest BCUT2D eigenvalue weighted by Crippen LogP contribution is -2.30. The average molecular weight is 355 g/mol. The van der Waals surface area contributed by atoms with Gasteiger partial charge in [0.1, 0.15) is 0 Å². The molecular weight excluding hydrogens is 330 g/mol. The number of nitrogens with one attached hydrogen (secondary N) is 1. The van der Waals surface area contributed by atoms with Gasteiger partial charge in [0, 0.05) is 12.0 Å². The first-order valence-corrected chi connectivity index (χ1v) is 9.64. The van der Waals surface area contributed by atoms with Gasteiger partial charge in [-0.2, -0.15) is 0 Å². The summed E-state index contributed by atoms with van der Waals surface area (Å²) in [5.74, 6) is -0.553. The molecule has 2 aliphatic rings. The van der Waals surface area contributed by atoms with Gasteiger partial charge in [-0.05, 0) is 50.7 Å². The van der Waals surface area contributed by atoms with Gasteiger partial charge >= 0.3 is 5.97 Å². The second kappa shape index (κ2) is 7.09. The molecule has 138 valence electrons. The standard InChI is InChI=1S/C20H25N3O3/c24-18(13-9-11-14(12-10-13)19(25)26)22-20-21-16-7-3-4-8-17(16)23(20)15-5-1-2-6-15/h3-4,7-8,13-15H,1-2,5-6,9-12H2,(H,25,26)(H,21,22,24). The Labute approximate surface area is 152 Å². The monoisotopic (exact) mass is 355 g/mol. The fraction of sp³-hybridized carbons (Fsp3) is 0.550. The molecule has 2 saturated carbocycles. The van der Waals surface area contributed by atoms with Crippen molar-refractivity contribution in [2.45, 2.75) is 57.4 Å². The Kier molecular flexibility index (Phi) is 4.66. The lowest BCUT2D eigenvalue weighted by atomic mass is 9.81. The van der Waals surface area contributed by atoms with E-state index in [1.165, 1.54) is 12.8 Å². The van der Waals surface area contributed by atoms with Crippen molar-refractivity contribution >= 4 is 28.9 Å². The van der Waals surface area contributed by atoms with Crippen molar-refractivity contribution in [1.82, 2.24) is 9.55 Å². The first-order valence-electron chi connectivity index (χ1n) is 9.64. The third kappa shape index (κ3) is 3.20. The number of aliphatic carboxylic acids is 1. The second-order valence-electron chi connectivity index (χ2n) is 7.61. The second-order valence-corrected chi connectivity index (χ2v) is 7.61. The smallest absolute Gasteiger partial charge is 0.306 e. The molecule has 0 atom stereocenters. The maximum atomic E-state index is 12.8. The lowest BCUT2D eigenvalue weighted by Gasteiger charge is -2.25. The van der Waals surface area contributed by atoms with Gasteiger partial charge in [0.15, 0.2) is 0 Å². The SMILES string of the molecule is O=C(O)C1CCC(C(=O)Nc2nc3ccccc3n2C2CCCC2)CC1. The van der Waals surface area contributed by atoms with Crippen molar-refractivity contribution in [2.24, 2.45) is 11.8 Å². The highest BCUT2D eigenvalue weighted by Crippen LogP contribution is 2.36. The zero-order valence-electron chi connectivity index (χ0n) is 14.9. The molecule has 2 aromatic rings. The molecule has 4 rings (SSSR count). The maximum Gasteiger partial charge on any atom is 0.306 e. The van der Waals surface area contributed by atoms with Crippen LogP contribution in [0.25, 0.3) is 11.0 Å². The van der Waals surface area contributed by atoms with Crippen molar-refractivity contribution in [3.63, 3.8) is 0 Å². The average Bonchev–Trinajstić information content (AvgIpc) is 3.28. The van der Waals surface area contributed by atoms with Crippen LogP contribution in [0.2, 0.25) is 0 Å². The van der Waals surface area contributed by atoms with Crippen LogP contribution >= 0.6 is 0 Å². The van der Waals surface area contributed by atoms with E-state index in [4.69, 9.17) is 5.11 Å². The number of carboxylic acids is 1. The van der Waals surface area contributed by atoms with Gasteiger partial charge in [0.05, 0.1) is 17.0 Å². The minimum Gasteiger partial charge on any atom is -0.481 e. The van der Waals surface area contributed by atoms with E-state index in [0.29, 0.717) is 37.7 Å². The summed E-state index contributed by atoms with van der Waals surface area (Å²) in [5.41, 5.74) is 1.98. The van der Waals surface area contributed by atoms with Crippen molar-refractivity contribution in [3.8, 4) is 0 Å². The summed E-state index contributed by atoms with van der Waals surface area (Å²) < 4.78 is 2.20. The molecule has 1 aromatic heterocycles. The number of anilines is 1. The van der Waals surface area contributed by atoms with Crippen LogP contribution in [0.15, 0.2) is 24.3 Å². The highest BCUT2D eigenvalue weighted by Gasteiger charge is 2.31. The quantitative estimate of drug-likeness (QED) is 0.869. The summed E-state index contributed by atoms with van der Waals surface area (Å²) in [6, 6.07) is 8.41. The highest BCUT2D eigenvalue weighted by molar-refractivity contribution is 5.93. The van der Waals surface area contributed by atoms with Crippen LogP contribution in [0.4, 0.5) is 5.95 Å². The number of para-hydroxylation sites is 2. The van der Waals surface area contributed by atoms with E-state index in [1.807, 2.05) is 18.2 Å². The van der Waals surface area contributed by atoms with Crippen LogP contribution in [0.3, 0.4) is 0 Å². The van der Waals surface area contributed by atoms with Crippen molar-refractivity contribution in [3.05, 3.63) is 24.3 Å². The van der Waals surface area contributed by atoms with Gasteiger partial charge in [-0.25, -0.2) is 4.98 Å². The number of aromatic nitrogens is 2. The van der Waals surface area contributed by atoms with E-state index in [0.717, 1.165) is 23.9 Å². The topological polar surface area (TPSA) is 84.2 Å². The molecule has 0 aliphatic heterocycles. The molecule has 26 heavy (non-hydrogen) atoms. The minimum absolute atomic E-state index is 0.0246. The Hall–Kier alpha value is -2.37. The van der Waals surface area contributed by atoms with E-state index in [2.05, 4.69) is 20.9 Å². The van der Waals surface area contributed by atoms with Crippen molar-refractivity contribution in [1.29, 1.82) is 0 Å². The number of imidazole rings is 1. The van der Waals surface area contributed by atoms with Crippen molar-refractivity contribution < 1.29 is 14.7 Å². The molecule has 1 amide bonds. The zero-order valence-corrected chi connectivity index (χ0v) is 14.9. The van der Waals surface area contributed by atoms with Crippen molar-refractivity contribution in [2.75, 3.05) is 5.32 Å². The number of carbonyl (C=O) groups is 2. The minimum atomic E-state index is -0.744. The molecule has 1 aromatic carbocycles. The Morgan fingerprint density at radius 3 is 2.35 bits per heavy atom. The maximum absolute atomic E-state index is 12.8. The number of amides is 1. The number of carbonyl (C=O) groups excluding carboxylic acids is 1. The van der Waals surface area contributed by atoms with E-state index >= 15 is 0 Å². The number of fused-ring (bicyclic) bond motifs is 1. The Bertz CT molecular complexity index is 815. The molecule has 2 N–H and O–H groups in total. The van der Waals surface area contributed by atoms with Crippen LogP contribution in [-0.4, -0.2) is 26.5 Å². The Morgan fingerprint density at radius 1 is 1.00 bits per heavy atom. The summed E-state index contributed by atoms with van der Waals surface area (Å²) in [6.07, 6.45) is 7.07. The number of hydrogen-bond acceptors (Lipinski definition) is 3. The van der Waals surface area contributed by atoms with Gasteiger partial charge in [-0.15, -0.1) is 0 Å². The number of carboxylic acid groups (broad SMARTS) is 1. The number of benzene rings is 1. The molecular formula is C20H25N3O3. The number of nitrogens with zero attached hydrogens (tertiary/aromatic N) is 2. The third-order valence-electron chi connectivity index (χ3n) is 5.97. The fourth-order valence-corrected chi connectivity index (χ4v) is 4.48. The molecule has 0 spiro atoms. The molecule has 0 radical (unpaired) electrons. The largest absolute Gasteiger partial charge is 0.481 e. The predicted octanol–water partition coefficient (Wildman–Crippen LogP) is 3.98. The lowest BCUT2D eigenvalue weighted by molar-refractivity contribution is -0.143. The van der Waals surface area contributed by atoms with E-state index in [9.17, 15) is 9.59 Å². The first kappa shape index (κ1) is 17.1. The van der Waals surface area contributed by atoms with Crippen LogP contribution in [0.1, 0.15) is 57.4 Å².